The Morgan fingerprint density at radius 3 is 2.67 bits per heavy atom. The molecule has 1 aliphatic heterocycles. The zero-order chi connectivity index (χ0) is 22.7. The second-order valence-electron chi connectivity index (χ2n) is 9.66. The van der Waals surface area contributed by atoms with Gasteiger partial charge in [0, 0.05) is 55.9 Å². The van der Waals surface area contributed by atoms with E-state index in [2.05, 4.69) is 26.3 Å². The van der Waals surface area contributed by atoms with Gasteiger partial charge in [0.25, 0.3) is 5.91 Å². The summed E-state index contributed by atoms with van der Waals surface area (Å²) in [6.07, 6.45) is 5.13. The maximum atomic E-state index is 13.2. The van der Waals surface area contributed by atoms with Gasteiger partial charge < -0.3 is 25.5 Å². The summed E-state index contributed by atoms with van der Waals surface area (Å²) in [5.74, 6) is 1.56. The van der Waals surface area contributed by atoms with Crippen LogP contribution in [-0.4, -0.2) is 55.1 Å². The first kappa shape index (κ1) is 20.4. The van der Waals surface area contributed by atoms with Crippen LogP contribution in [0.25, 0.3) is 33.6 Å². The van der Waals surface area contributed by atoms with Crippen molar-refractivity contribution in [2.75, 3.05) is 13.1 Å². The van der Waals surface area contributed by atoms with Gasteiger partial charge in [-0.25, -0.2) is 9.97 Å². The number of imidazole rings is 1. The Morgan fingerprint density at radius 1 is 1.12 bits per heavy atom. The normalized spacial score (nSPS) is 21.2. The highest BCUT2D eigenvalue weighted by atomic mass is 16.2. The fourth-order valence-electron chi connectivity index (χ4n) is 5.10. The van der Waals surface area contributed by atoms with Crippen molar-refractivity contribution in [3.63, 3.8) is 0 Å². The lowest BCUT2D eigenvalue weighted by molar-refractivity contribution is 0.0691. The quantitative estimate of drug-likeness (QED) is 0.504. The van der Waals surface area contributed by atoms with E-state index < -0.39 is 0 Å². The van der Waals surface area contributed by atoms with E-state index in [9.17, 15) is 4.79 Å². The first-order valence-corrected chi connectivity index (χ1v) is 11.7. The average Bonchev–Trinajstić information content (AvgIpc) is 3.47. The first-order chi connectivity index (χ1) is 16.0. The zero-order valence-corrected chi connectivity index (χ0v) is 18.8. The maximum Gasteiger partial charge on any atom is 0.254 e. The van der Waals surface area contributed by atoms with Crippen LogP contribution in [0.4, 0.5) is 0 Å². The average molecular weight is 444 g/mol. The summed E-state index contributed by atoms with van der Waals surface area (Å²) in [5, 5.41) is 1.12. The number of benzene rings is 1. The monoisotopic (exact) mass is 443 g/mol. The number of hydrogen-bond donors (Lipinski definition) is 2. The molecule has 0 unspecified atom stereocenters. The number of carbonyl (C=O) groups is 1. The number of aryl methyl sites for hydroxylation is 1. The molecule has 33 heavy (non-hydrogen) atoms. The number of nitrogens with two attached hydrogens (primary N) is 2. The largest absolute Gasteiger partial charge is 0.336 e. The molecule has 4 heterocycles. The molecule has 8 nitrogen and oxygen atoms in total. The summed E-state index contributed by atoms with van der Waals surface area (Å²) < 4.78 is 4.41. The third-order valence-electron chi connectivity index (χ3n) is 6.95. The third-order valence-corrected chi connectivity index (χ3v) is 6.95. The number of piperidine rings is 1. The number of hydrogen-bond acceptors (Lipinski definition) is 5. The summed E-state index contributed by atoms with van der Waals surface area (Å²) in [6, 6.07) is 11.8. The Bertz CT molecular complexity index is 1360. The summed E-state index contributed by atoms with van der Waals surface area (Å²) in [6.45, 7) is 2.02. The standard InChI is InChI=1S/C25H29N7O/c1-30-21-7-6-17(25(33)31-13-18(26)11-19(27)14-31)9-20(21)29-24(30)22-10-16-3-2-8-28-23(16)32(22)12-15-4-5-15/h2-3,6-10,15,18-19H,4-5,11-14,26-27H2,1H3/t18-,19+. The second kappa shape index (κ2) is 7.67. The first-order valence-electron chi connectivity index (χ1n) is 11.7. The number of nitrogens with zero attached hydrogens (tertiary/aromatic N) is 5. The molecule has 4 N–H and O–H groups in total. The van der Waals surface area contributed by atoms with Crippen LogP contribution in [-0.2, 0) is 13.6 Å². The molecule has 3 aromatic heterocycles. The van der Waals surface area contributed by atoms with E-state index in [-0.39, 0.29) is 18.0 Å². The number of pyridine rings is 1. The Labute approximate surface area is 192 Å². The summed E-state index contributed by atoms with van der Waals surface area (Å²) in [4.78, 5) is 24.6. The van der Waals surface area contributed by atoms with Crippen molar-refractivity contribution in [3.8, 4) is 11.5 Å². The molecular weight excluding hydrogens is 414 g/mol. The Hall–Kier alpha value is -3.23. The SMILES string of the molecule is Cn1c(-c2cc3cccnc3n2CC2CC2)nc2cc(C(=O)N3C[C@H](N)C[C@H](N)C3)ccc21. The van der Waals surface area contributed by atoms with Crippen molar-refractivity contribution in [2.45, 2.75) is 37.9 Å². The summed E-state index contributed by atoms with van der Waals surface area (Å²) >= 11 is 0. The van der Waals surface area contributed by atoms with E-state index >= 15 is 0 Å². The number of fused-ring (bicyclic) bond motifs is 2. The van der Waals surface area contributed by atoms with Gasteiger partial charge >= 0.3 is 0 Å². The lowest BCUT2D eigenvalue weighted by Gasteiger charge is -2.34. The predicted molar refractivity (Wildman–Crippen MR) is 129 cm³/mol. The van der Waals surface area contributed by atoms with Gasteiger partial charge in [-0.1, -0.05) is 0 Å². The molecule has 1 saturated carbocycles. The second-order valence-corrected chi connectivity index (χ2v) is 9.66. The van der Waals surface area contributed by atoms with Crippen molar-refractivity contribution < 1.29 is 4.79 Å². The molecule has 2 aliphatic rings. The molecule has 8 heteroatoms. The van der Waals surface area contributed by atoms with Crippen molar-refractivity contribution in [2.24, 2.45) is 24.4 Å². The molecule has 1 aliphatic carbocycles. The molecule has 2 atom stereocenters. The predicted octanol–water partition coefficient (Wildman–Crippen LogP) is 2.50. The molecule has 1 aromatic carbocycles. The number of amides is 1. The molecule has 2 fully saturated rings. The number of likely N-dealkylation sites (tertiary alicyclic amines) is 1. The van der Waals surface area contributed by atoms with Crippen molar-refractivity contribution in [1.82, 2.24) is 24.0 Å². The van der Waals surface area contributed by atoms with E-state index in [1.165, 1.54) is 12.8 Å². The zero-order valence-electron chi connectivity index (χ0n) is 18.8. The molecular formula is C25H29N7O. The molecule has 1 saturated heterocycles. The minimum absolute atomic E-state index is 0.0400. The molecule has 0 bridgehead atoms. The van der Waals surface area contributed by atoms with Crippen LogP contribution in [0.15, 0.2) is 42.6 Å². The summed E-state index contributed by atoms with van der Waals surface area (Å²) in [5.41, 5.74) is 16.7. The molecule has 6 rings (SSSR count). The third kappa shape index (κ3) is 3.59. The summed E-state index contributed by atoms with van der Waals surface area (Å²) in [7, 11) is 2.03. The van der Waals surface area contributed by atoms with Gasteiger partial charge in [-0.2, -0.15) is 0 Å². The smallest absolute Gasteiger partial charge is 0.254 e. The highest BCUT2D eigenvalue weighted by Crippen LogP contribution is 2.36. The molecule has 4 aromatic rings. The van der Waals surface area contributed by atoms with Gasteiger partial charge in [0.2, 0.25) is 0 Å². The highest BCUT2D eigenvalue weighted by molar-refractivity contribution is 5.98. The van der Waals surface area contributed by atoms with Crippen LogP contribution < -0.4 is 11.5 Å². The van der Waals surface area contributed by atoms with Gasteiger partial charge in [-0.05, 0) is 61.6 Å². The van der Waals surface area contributed by atoms with E-state index in [1.807, 2.05) is 37.5 Å². The van der Waals surface area contributed by atoms with Crippen LogP contribution in [0.2, 0.25) is 0 Å². The van der Waals surface area contributed by atoms with Gasteiger partial charge in [-0.3, -0.25) is 4.79 Å². The molecule has 1 amide bonds. The Kier molecular flexibility index (Phi) is 4.74. The Morgan fingerprint density at radius 2 is 1.91 bits per heavy atom. The van der Waals surface area contributed by atoms with Gasteiger partial charge in [0.15, 0.2) is 5.82 Å². The lowest BCUT2D eigenvalue weighted by Crippen LogP contribution is -2.54. The molecule has 170 valence electrons. The van der Waals surface area contributed by atoms with Crippen LogP contribution in [0.3, 0.4) is 0 Å². The maximum absolute atomic E-state index is 13.2. The Balaban J connectivity index is 1.40. The minimum Gasteiger partial charge on any atom is -0.336 e. The fraction of sp³-hybridized carbons (Fsp3) is 0.400. The van der Waals surface area contributed by atoms with Crippen molar-refractivity contribution in [1.29, 1.82) is 0 Å². The number of rotatable bonds is 4. The molecule has 0 spiro atoms. The van der Waals surface area contributed by atoms with Gasteiger partial charge in [-0.15, -0.1) is 0 Å². The highest BCUT2D eigenvalue weighted by Gasteiger charge is 2.28. The van der Waals surface area contributed by atoms with E-state index in [1.54, 1.807) is 4.90 Å². The topological polar surface area (TPSA) is 108 Å². The van der Waals surface area contributed by atoms with E-state index in [4.69, 9.17) is 16.5 Å². The lowest BCUT2D eigenvalue weighted by atomic mass is 10.0. The number of carbonyl (C=O) groups excluding carboxylic acids is 1. The van der Waals surface area contributed by atoms with Crippen LogP contribution in [0.5, 0.6) is 0 Å². The van der Waals surface area contributed by atoms with Gasteiger partial charge in [0.05, 0.1) is 16.7 Å². The minimum atomic E-state index is -0.0788. The van der Waals surface area contributed by atoms with Gasteiger partial charge in [0.1, 0.15) is 5.65 Å². The van der Waals surface area contributed by atoms with Crippen LogP contribution >= 0.6 is 0 Å². The fourth-order valence-corrected chi connectivity index (χ4v) is 5.10. The number of aromatic nitrogens is 4. The van der Waals surface area contributed by atoms with Crippen molar-refractivity contribution in [3.05, 3.63) is 48.2 Å². The van der Waals surface area contributed by atoms with Crippen LogP contribution in [0.1, 0.15) is 29.6 Å². The van der Waals surface area contributed by atoms with E-state index in [0.717, 1.165) is 46.6 Å². The van der Waals surface area contributed by atoms with E-state index in [0.29, 0.717) is 24.6 Å². The van der Waals surface area contributed by atoms with Crippen LogP contribution in [0, 0.1) is 5.92 Å². The van der Waals surface area contributed by atoms with Crippen molar-refractivity contribution >= 4 is 28.0 Å². The molecule has 0 radical (unpaired) electrons.